The summed E-state index contributed by atoms with van der Waals surface area (Å²) in [5.41, 5.74) is 6.86. The van der Waals surface area contributed by atoms with Gasteiger partial charge in [-0.2, -0.15) is 0 Å². The molecule has 6 rings (SSSR count). The van der Waals surface area contributed by atoms with Gasteiger partial charge in [0.05, 0.1) is 0 Å². The molecular weight excluding hydrogens is 583 g/mol. The Bertz CT molecular complexity index is 1370. The van der Waals surface area contributed by atoms with E-state index >= 15 is 0 Å². The SMILES string of the molecule is [Cl-].[Cl-].[O-]c1c(-c2ccccc2)cccc1-c1ccccc1.[O-]c1c(-c2ccccc2)cccc1-c1ccccc1.[Ti+4]. The minimum Gasteiger partial charge on any atom is -1.00 e. The van der Waals surface area contributed by atoms with E-state index in [2.05, 4.69) is 0 Å². The topological polar surface area (TPSA) is 46.1 Å². The summed E-state index contributed by atoms with van der Waals surface area (Å²) >= 11 is 0. The molecule has 6 aromatic rings. The molecule has 0 aliphatic carbocycles. The summed E-state index contributed by atoms with van der Waals surface area (Å²) in [4.78, 5) is 0. The van der Waals surface area contributed by atoms with E-state index in [9.17, 15) is 10.2 Å². The number of benzene rings is 6. The van der Waals surface area contributed by atoms with E-state index in [0.29, 0.717) is 0 Å². The van der Waals surface area contributed by atoms with Crippen molar-refractivity contribution in [1.29, 1.82) is 0 Å². The fourth-order valence-corrected chi connectivity index (χ4v) is 4.45. The molecule has 0 unspecified atom stereocenters. The minimum atomic E-state index is 0. The van der Waals surface area contributed by atoms with E-state index in [4.69, 9.17) is 0 Å². The van der Waals surface area contributed by atoms with Crippen molar-refractivity contribution < 1.29 is 56.7 Å². The van der Waals surface area contributed by atoms with Crippen molar-refractivity contribution in [1.82, 2.24) is 0 Å². The summed E-state index contributed by atoms with van der Waals surface area (Å²) in [5, 5.41) is 25.1. The van der Waals surface area contributed by atoms with Gasteiger partial charge in [-0.05, 0) is 44.5 Å². The molecule has 0 aromatic heterocycles. The largest absolute Gasteiger partial charge is 4.00 e. The second kappa shape index (κ2) is 16.5. The first kappa shape index (κ1) is 33.4. The number of hydrogen-bond acceptors (Lipinski definition) is 2. The van der Waals surface area contributed by atoms with Gasteiger partial charge in [-0.25, -0.2) is 0 Å². The molecule has 0 spiro atoms. The van der Waals surface area contributed by atoms with Crippen molar-refractivity contribution in [3.8, 4) is 56.0 Å². The van der Waals surface area contributed by atoms with Crippen LogP contribution in [-0.4, -0.2) is 0 Å². The fraction of sp³-hybridized carbons (Fsp3) is 0. The summed E-state index contributed by atoms with van der Waals surface area (Å²) in [5.74, 6) is 0.166. The molecule has 0 radical (unpaired) electrons. The van der Waals surface area contributed by atoms with Gasteiger partial charge in [0.25, 0.3) is 0 Å². The summed E-state index contributed by atoms with van der Waals surface area (Å²) in [7, 11) is 0. The molecule has 0 saturated carbocycles. The molecule has 6 aromatic carbocycles. The number of rotatable bonds is 4. The van der Waals surface area contributed by atoms with Crippen molar-refractivity contribution in [2.75, 3.05) is 0 Å². The molecule has 0 aliphatic rings. The fourth-order valence-electron chi connectivity index (χ4n) is 4.45. The number of halogens is 2. The first-order valence-electron chi connectivity index (χ1n) is 12.5. The van der Waals surface area contributed by atoms with Crippen LogP contribution in [0.5, 0.6) is 11.5 Å². The summed E-state index contributed by atoms with van der Waals surface area (Å²) in [6.07, 6.45) is 0. The molecule has 0 N–H and O–H groups in total. The zero-order valence-corrected chi connectivity index (χ0v) is 25.2. The normalized spacial score (nSPS) is 9.56. The molecule has 5 heteroatoms. The van der Waals surface area contributed by atoms with Crippen LogP contribution in [-0.2, 0) is 21.7 Å². The van der Waals surface area contributed by atoms with Gasteiger partial charge >= 0.3 is 21.7 Å². The van der Waals surface area contributed by atoms with Gasteiger partial charge in [-0.1, -0.05) is 169 Å². The summed E-state index contributed by atoms with van der Waals surface area (Å²) in [6.45, 7) is 0. The Kier molecular flexibility index (Phi) is 13.4. The van der Waals surface area contributed by atoms with Gasteiger partial charge in [0.2, 0.25) is 0 Å². The first-order chi connectivity index (χ1) is 18.7. The van der Waals surface area contributed by atoms with Crippen LogP contribution < -0.4 is 35.0 Å². The quantitative estimate of drug-likeness (QED) is 0.288. The van der Waals surface area contributed by atoms with Crippen LogP contribution in [0.15, 0.2) is 158 Å². The van der Waals surface area contributed by atoms with E-state index < -0.39 is 0 Å². The molecular formula is C36H26Cl2O2Ti. The number of hydrogen-bond donors (Lipinski definition) is 0. The van der Waals surface area contributed by atoms with E-state index in [0.717, 1.165) is 44.5 Å². The second-order valence-electron chi connectivity index (χ2n) is 8.83. The zero-order chi connectivity index (χ0) is 26.2. The smallest absolute Gasteiger partial charge is 1.00 e. The van der Waals surface area contributed by atoms with Crippen LogP contribution in [0.3, 0.4) is 0 Å². The maximum atomic E-state index is 12.6. The predicted molar refractivity (Wildman–Crippen MR) is 154 cm³/mol. The molecule has 0 amide bonds. The Balaban J connectivity index is 0.000000267. The van der Waals surface area contributed by atoms with Gasteiger partial charge < -0.3 is 35.0 Å². The maximum Gasteiger partial charge on any atom is 4.00 e. The maximum absolute atomic E-state index is 12.6. The molecule has 200 valence electrons. The van der Waals surface area contributed by atoms with Crippen LogP contribution in [0.2, 0.25) is 0 Å². The molecule has 41 heavy (non-hydrogen) atoms. The van der Waals surface area contributed by atoms with E-state index in [1.165, 1.54) is 0 Å². The molecule has 0 fully saturated rings. The van der Waals surface area contributed by atoms with Gasteiger partial charge in [-0.3, -0.25) is 0 Å². The average Bonchev–Trinajstić information content (AvgIpc) is 2.99. The van der Waals surface area contributed by atoms with Crippen molar-refractivity contribution in [3.05, 3.63) is 158 Å². The Hall–Kier alpha value is -3.79. The van der Waals surface area contributed by atoms with Crippen LogP contribution in [0.1, 0.15) is 0 Å². The van der Waals surface area contributed by atoms with Crippen LogP contribution in [0.4, 0.5) is 0 Å². The van der Waals surface area contributed by atoms with Gasteiger partial charge in [0, 0.05) is 0 Å². The van der Waals surface area contributed by atoms with Gasteiger partial charge in [0.15, 0.2) is 0 Å². The minimum absolute atomic E-state index is 0. The summed E-state index contributed by atoms with van der Waals surface area (Å²) < 4.78 is 0. The third-order valence-corrected chi connectivity index (χ3v) is 6.37. The Morgan fingerprint density at radius 3 is 0.659 bits per heavy atom. The summed E-state index contributed by atoms with van der Waals surface area (Å²) in [6, 6.07) is 50.5. The predicted octanol–water partition coefficient (Wildman–Crippen LogP) is 2.19. The standard InChI is InChI=1S/2C18H14O.2ClH.Ti/c2*19-18-16(14-8-3-1-4-9-14)12-7-13-17(18)15-10-5-2-6-11-15;;;/h2*1-13,19H;2*1H;/q;;;;+4/p-4. The van der Waals surface area contributed by atoms with Crippen molar-refractivity contribution in [2.45, 2.75) is 0 Å². The third-order valence-electron chi connectivity index (χ3n) is 6.37. The van der Waals surface area contributed by atoms with Crippen molar-refractivity contribution in [3.63, 3.8) is 0 Å². The average molecular weight is 609 g/mol. The van der Waals surface area contributed by atoms with E-state index in [1.807, 2.05) is 158 Å². The van der Waals surface area contributed by atoms with E-state index in [-0.39, 0.29) is 58.0 Å². The first-order valence-corrected chi connectivity index (χ1v) is 12.5. The molecule has 0 saturated heterocycles. The molecule has 0 aliphatic heterocycles. The molecule has 0 bridgehead atoms. The van der Waals surface area contributed by atoms with Crippen LogP contribution in [0.25, 0.3) is 44.5 Å². The molecule has 0 atom stereocenters. The van der Waals surface area contributed by atoms with Crippen LogP contribution in [0, 0.1) is 0 Å². The Morgan fingerprint density at radius 1 is 0.268 bits per heavy atom. The van der Waals surface area contributed by atoms with Gasteiger partial charge in [0.1, 0.15) is 0 Å². The van der Waals surface area contributed by atoms with Crippen molar-refractivity contribution >= 4 is 0 Å². The monoisotopic (exact) mass is 608 g/mol. The van der Waals surface area contributed by atoms with E-state index in [1.54, 1.807) is 0 Å². The van der Waals surface area contributed by atoms with Gasteiger partial charge in [-0.15, -0.1) is 0 Å². The Labute approximate surface area is 269 Å². The zero-order valence-electron chi connectivity index (χ0n) is 22.1. The molecule has 0 heterocycles. The second-order valence-corrected chi connectivity index (χ2v) is 8.83. The third kappa shape index (κ3) is 8.13. The number of para-hydroxylation sites is 2. The molecule has 2 nitrogen and oxygen atoms in total. The van der Waals surface area contributed by atoms with Crippen molar-refractivity contribution in [2.24, 2.45) is 0 Å². The Morgan fingerprint density at radius 2 is 0.463 bits per heavy atom. The van der Waals surface area contributed by atoms with Crippen LogP contribution >= 0.6 is 0 Å².